The van der Waals surface area contributed by atoms with Crippen LogP contribution in [0.5, 0.6) is 0 Å². The molecule has 0 aromatic rings. The van der Waals surface area contributed by atoms with Gasteiger partial charge in [0.25, 0.3) is 0 Å². The van der Waals surface area contributed by atoms with Crippen LogP contribution in [-0.4, -0.2) is 37.5 Å². The summed E-state index contributed by atoms with van der Waals surface area (Å²) in [6.07, 6.45) is 0. The molecule has 0 aromatic heterocycles. The minimum Gasteiger partial charge on any atom is -1.00 e. The van der Waals surface area contributed by atoms with E-state index < -0.39 is 18.3 Å². The van der Waals surface area contributed by atoms with Gasteiger partial charge >= 0.3 is 99.3 Å². The van der Waals surface area contributed by atoms with E-state index in [1.165, 1.54) is 0 Å². The molecule has 0 atom stereocenters. The van der Waals surface area contributed by atoms with Gasteiger partial charge in [-0.2, -0.15) is 0 Å². The molecule has 0 amide bonds. The first-order valence-electron chi connectivity index (χ1n) is 1.30. The Labute approximate surface area is 128 Å². The second-order valence-electron chi connectivity index (χ2n) is 0.565. The van der Waals surface area contributed by atoms with Gasteiger partial charge in [-0.25, -0.2) is 0 Å². The summed E-state index contributed by atoms with van der Waals surface area (Å²) in [5.41, 5.74) is 0. The molecule has 52 valence electrons. The molecule has 0 spiro atoms. The van der Waals surface area contributed by atoms with Crippen LogP contribution in [0.3, 0.4) is 0 Å². The summed E-state index contributed by atoms with van der Waals surface area (Å²) in [6.45, 7) is 0. The molecule has 0 saturated heterocycles. The second kappa shape index (κ2) is 17.1. The Kier molecular flexibility index (Phi) is 38.7. The average Bonchev–Trinajstić information content (AvgIpc) is 1.25. The maximum absolute atomic E-state index is 8.74. The van der Waals surface area contributed by atoms with Crippen molar-refractivity contribution in [3.05, 3.63) is 0 Å². The van der Waals surface area contributed by atoms with Crippen molar-refractivity contribution in [3.8, 4) is 0 Å². The fourth-order valence-corrected chi connectivity index (χ4v) is 0. The van der Waals surface area contributed by atoms with E-state index in [0.29, 0.717) is 0 Å². The molecule has 0 unspecified atom stereocenters. The Hall–Kier alpha value is 1.87. The molecule has 0 aromatic carbocycles. The van der Waals surface area contributed by atoms with Crippen LogP contribution in [0.4, 0.5) is 0 Å². The Bertz CT molecular complexity index is 81.5. The quantitative estimate of drug-likeness (QED) is 0.301. The summed E-state index contributed by atoms with van der Waals surface area (Å²) in [4.78, 5) is 28.6. The molecule has 0 fully saturated rings. The van der Waals surface area contributed by atoms with Crippen molar-refractivity contribution in [1.82, 2.24) is 0 Å². The third kappa shape index (κ3) is 222. The summed E-state index contributed by atoms with van der Waals surface area (Å²) in [7, 11) is -6.26. The maximum atomic E-state index is 8.74. The SMILES string of the molecule is O=[Si](O)O.O=[Si](O)O.[H-].[H-].[K+].[Na+]. The van der Waals surface area contributed by atoms with Gasteiger partial charge in [0, 0.05) is 0 Å². The molecule has 0 heterocycles. The van der Waals surface area contributed by atoms with Crippen molar-refractivity contribution in [2.75, 3.05) is 0 Å². The van der Waals surface area contributed by atoms with Crippen molar-refractivity contribution >= 4 is 18.3 Å². The van der Waals surface area contributed by atoms with Gasteiger partial charge in [0.1, 0.15) is 0 Å². The molecular formula is H6KNaO6Si2. The van der Waals surface area contributed by atoms with Gasteiger partial charge in [-0.05, 0) is 0 Å². The number of hydrogen-bond donors (Lipinski definition) is 4. The standard InChI is InChI=1S/K.Na.2H2O3Si.2H/c;;2*1-4(2)3;;/h;;2*1-2H;;/q2*+1;;;2*-1. The molecule has 4 N–H and O–H groups in total. The summed E-state index contributed by atoms with van der Waals surface area (Å²) in [5, 5.41) is 0. The van der Waals surface area contributed by atoms with Crippen LogP contribution in [0.2, 0.25) is 0 Å². The summed E-state index contributed by atoms with van der Waals surface area (Å²) < 4.78 is 17.5. The molecule has 0 aliphatic rings. The van der Waals surface area contributed by atoms with E-state index >= 15 is 0 Å². The summed E-state index contributed by atoms with van der Waals surface area (Å²) in [6, 6.07) is 0. The number of hydrogen-bond acceptors (Lipinski definition) is 2. The third-order valence-corrected chi connectivity index (χ3v) is 0. The Balaban J connectivity index is -0.0000000112. The van der Waals surface area contributed by atoms with Crippen LogP contribution in [0, 0.1) is 0 Å². The predicted octanol–water partition coefficient (Wildman–Crippen LogP) is -8.99. The van der Waals surface area contributed by atoms with Crippen molar-refractivity contribution in [3.63, 3.8) is 0 Å². The average molecular weight is 220 g/mol. The normalized spacial score (nSPS) is 4.80. The van der Waals surface area contributed by atoms with Crippen LogP contribution in [0.25, 0.3) is 0 Å². The smallest absolute Gasteiger partial charge is 1.00 e. The van der Waals surface area contributed by atoms with E-state index in [1.807, 2.05) is 0 Å². The van der Waals surface area contributed by atoms with Crippen molar-refractivity contribution in [2.24, 2.45) is 0 Å². The molecule has 10 heteroatoms. The van der Waals surface area contributed by atoms with Gasteiger partial charge in [0.15, 0.2) is 0 Å². The van der Waals surface area contributed by atoms with E-state index in [9.17, 15) is 0 Å². The fraction of sp³-hybridized carbons (Fsp3) is 0. The van der Waals surface area contributed by atoms with E-state index in [4.69, 9.17) is 28.1 Å². The molecule has 0 rings (SSSR count). The first-order valence-corrected chi connectivity index (χ1v) is 3.91. The molecule has 0 saturated carbocycles. The van der Waals surface area contributed by atoms with Crippen LogP contribution in [0.15, 0.2) is 0 Å². The molecular weight excluding hydrogens is 214 g/mol. The van der Waals surface area contributed by atoms with Crippen LogP contribution in [-0.2, 0) is 8.92 Å². The van der Waals surface area contributed by atoms with E-state index in [-0.39, 0.29) is 83.8 Å². The van der Waals surface area contributed by atoms with Gasteiger partial charge in [-0.1, -0.05) is 0 Å². The first kappa shape index (κ1) is 22.6. The zero-order chi connectivity index (χ0) is 7.15. The summed E-state index contributed by atoms with van der Waals surface area (Å²) >= 11 is 0. The maximum Gasteiger partial charge on any atom is 1.00 e. The zero-order valence-corrected chi connectivity index (χ0v) is 12.7. The number of rotatable bonds is 0. The molecule has 6 nitrogen and oxygen atoms in total. The van der Waals surface area contributed by atoms with Crippen LogP contribution >= 0.6 is 0 Å². The Morgan fingerprint density at radius 1 is 0.900 bits per heavy atom. The van der Waals surface area contributed by atoms with Gasteiger partial charge in [0.2, 0.25) is 0 Å². The van der Waals surface area contributed by atoms with Crippen LogP contribution < -0.4 is 80.9 Å². The Morgan fingerprint density at radius 3 is 0.900 bits per heavy atom. The van der Waals surface area contributed by atoms with Crippen molar-refractivity contribution < 1.29 is 112 Å². The van der Waals surface area contributed by atoms with E-state index in [0.717, 1.165) is 0 Å². The van der Waals surface area contributed by atoms with Crippen molar-refractivity contribution in [1.29, 1.82) is 0 Å². The molecule has 0 bridgehead atoms. The Morgan fingerprint density at radius 2 is 0.900 bits per heavy atom. The minimum atomic E-state index is -3.13. The molecule has 0 aliphatic heterocycles. The van der Waals surface area contributed by atoms with Gasteiger partial charge in [0.05, 0.1) is 0 Å². The van der Waals surface area contributed by atoms with E-state index in [2.05, 4.69) is 0 Å². The largest absolute Gasteiger partial charge is 1.00 e. The third-order valence-electron chi connectivity index (χ3n) is 0. The predicted molar refractivity (Wildman–Crippen MR) is 24.0 cm³/mol. The molecule has 10 heavy (non-hydrogen) atoms. The van der Waals surface area contributed by atoms with Gasteiger partial charge < -0.3 is 22.0 Å². The van der Waals surface area contributed by atoms with Crippen LogP contribution in [0.1, 0.15) is 2.85 Å². The van der Waals surface area contributed by atoms with Gasteiger partial charge in [-0.15, -0.1) is 0 Å². The van der Waals surface area contributed by atoms with Gasteiger partial charge in [-0.3, -0.25) is 8.92 Å². The summed E-state index contributed by atoms with van der Waals surface area (Å²) in [5.74, 6) is 0. The fourth-order valence-electron chi connectivity index (χ4n) is 0. The molecule has 0 aliphatic carbocycles. The monoisotopic (exact) mass is 220 g/mol. The van der Waals surface area contributed by atoms with E-state index in [1.54, 1.807) is 0 Å². The molecule has 0 radical (unpaired) electrons. The van der Waals surface area contributed by atoms with Crippen molar-refractivity contribution in [2.45, 2.75) is 0 Å². The minimum absolute atomic E-state index is 0. The second-order valence-corrected chi connectivity index (χ2v) is 1.70. The first-order chi connectivity index (χ1) is 3.46. The zero-order valence-electron chi connectivity index (χ0n) is 7.61. The topological polar surface area (TPSA) is 115 Å².